The number of anilines is 1. The molecule has 2 aromatic rings. The van der Waals surface area contributed by atoms with Crippen LogP contribution < -0.4 is 4.90 Å². The molecule has 0 N–H and O–H groups in total. The summed E-state index contributed by atoms with van der Waals surface area (Å²) in [5.74, 6) is 0.204. The van der Waals surface area contributed by atoms with Gasteiger partial charge < -0.3 is 4.90 Å². The van der Waals surface area contributed by atoms with Crippen LogP contribution in [0.1, 0.15) is 11.5 Å². The second-order valence-corrected chi connectivity index (χ2v) is 5.99. The molecule has 2 aromatic carbocycles. The molecule has 3 rings (SSSR count). The minimum Gasteiger partial charge on any atom is -0.368 e. The molecule has 1 fully saturated rings. The molecule has 0 unspecified atom stereocenters. The van der Waals surface area contributed by atoms with Gasteiger partial charge in [-0.2, -0.15) is 0 Å². The fourth-order valence-electron chi connectivity index (χ4n) is 2.43. The van der Waals surface area contributed by atoms with Crippen LogP contribution in [-0.4, -0.2) is 13.1 Å². The van der Waals surface area contributed by atoms with Crippen LogP contribution in [0.3, 0.4) is 0 Å². The zero-order valence-corrected chi connectivity index (χ0v) is 12.5. The van der Waals surface area contributed by atoms with Gasteiger partial charge in [-0.1, -0.05) is 41.9 Å². The Balaban J connectivity index is 1.78. The molecular formula is C15H12BrClFN. The van der Waals surface area contributed by atoms with Crippen molar-refractivity contribution < 1.29 is 4.39 Å². The topological polar surface area (TPSA) is 3.24 Å². The van der Waals surface area contributed by atoms with Gasteiger partial charge in [0.15, 0.2) is 0 Å². The number of nitrogens with zero attached hydrogens (tertiary/aromatic N) is 1. The SMILES string of the molecule is Fc1cc(Cl)c(N2CC(c3ccccc3)C2)c(Br)c1. The van der Waals surface area contributed by atoms with Crippen LogP contribution in [0.4, 0.5) is 10.1 Å². The molecule has 4 heteroatoms. The fourth-order valence-corrected chi connectivity index (χ4v) is 3.56. The Labute approximate surface area is 125 Å². The number of hydrogen-bond acceptors (Lipinski definition) is 1. The maximum atomic E-state index is 13.2. The summed E-state index contributed by atoms with van der Waals surface area (Å²) in [6, 6.07) is 13.2. The molecule has 0 spiro atoms. The molecule has 1 aliphatic heterocycles. The monoisotopic (exact) mass is 339 g/mol. The van der Waals surface area contributed by atoms with Crippen LogP contribution in [0.2, 0.25) is 5.02 Å². The molecule has 1 saturated heterocycles. The Kier molecular flexibility index (Phi) is 3.50. The highest BCUT2D eigenvalue weighted by molar-refractivity contribution is 9.10. The van der Waals surface area contributed by atoms with Crippen molar-refractivity contribution in [2.45, 2.75) is 5.92 Å². The number of rotatable bonds is 2. The summed E-state index contributed by atoms with van der Waals surface area (Å²) in [6.07, 6.45) is 0. The van der Waals surface area contributed by atoms with Gasteiger partial charge in [-0.05, 0) is 33.6 Å². The quantitative estimate of drug-likeness (QED) is 0.755. The van der Waals surface area contributed by atoms with Crippen LogP contribution in [0.15, 0.2) is 46.9 Å². The van der Waals surface area contributed by atoms with Crippen molar-refractivity contribution in [3.05, 3.63) is 63.3 Å². The van der Waals surface area contributed by atoms with Gasteiger partial charge >= 0.3 is 0 Å². The van der Waals surface area contributed by atoms with E-state index in [1.807, 2.05) is 6.07 Å². The summed E-state index contributed by atoms with van der Waals surface area (Å²) in [4.78, 5) is 2.17. The van der Waals surface area contributed by atoms with Crippen molar-refractivity contribution in [1.29, 1.82) is 0 Å². The molecule has 0 bridgehead atoms. The van der Waals surface area contributed by atoms with Crippen LogP contribution >= 0.6 is 27.5 Å². The number of hydrogen-bond donors (Lipinski definition) is 0. The highest BCUT2D eigenvalue weighted by Gasteiger charge is 2.30. The predicted octanol–water partition coefficient (Wildman–Crippen LogP) is 4.85. The molecule has 1 heterocycles. The fraction of sp³-hybridized carbons (Fsp3) is 0.200. The Hall–Kier alpha value is -1.06. The van der Waals surface area contributed by atoms with Crippen molar-refractivity contribution >= 4 is 33.2 Å². The van der Waals surface area contributed by atoms with Gasteiger partial charge in [-0.25, -0.2) is 4.39 Å². The third-order valence-electron chi connectivity index (χ3n) is 3.45. The second-order valence-electron chi connectivity index (χ2n) is 4.73. The van der Waals surface area contributed by atoms with Crippen LogP contribution in [0, 0.1) is 5.82 Å². The first-order valence-electron chi connectivity index (χ1n) is 6.09. The van der Waals surface area contributed by atoms with E-state index < -0.39 is 0 Å². The minimum absolute atomic E-state index is 0.319. The van der Waals surface area contributed by atoms with Gasteiger partial charge in [0.2, 0.25) is 0 Å². The zero-order chi connectivity index (χ0) is 13.4. The van der Waals surface area contributed by atoms with E-state index in [-0.39, 0.29) is 5.82 Å². The lowest BCUT2D eigenvalue weighted by Gasteiger charge is -2.42. The molecule has 19 heavy (non-hydrogen) atoms. The summed E-state index contributed by atoms with van der Waals surface area (Å²) in [5, 5.41) is 0.457. The van der Waals surface area contributed by atoms with Crippen LogP contribution in [0.5, 0.6) is 0 Å². The van der Waals surface area contributed by atoms with Gasteiger partial charge in [0.1, 0.15) is 5.82 Å². The number of halogens is 3. The Morgan fingerprint density at radius 2 is 1.84 bits per heavy atom. The van der Waals surface area contributed by atoms with Crippen LogP contribution in [-0.2, 0) is 0 Å². The van der Waals surface area contributed by atoms with Crippen LogP contribution in [0.25, 0.3) is 0 Å². The average molecular weight is 341 g/mol. The molecule has 0 atom stereocenters. The largest absolute Gasteiger partial charge is 0.368 e. The van der Waals surface area contributed by atoms with E-state index in [1.165, 1.54) is 17.7 Å². The highest BCUT2D eigenvalue weighted by atomic mass is 79.9. The van der Waals surface area contributed by atoms with E-state index in [0.717, 1.165) is 18.8 Å². The van der Waals surface area contributed by atoms with Crippen molar-refractivity contribution in [1.82, 2.24) is 0 Å². The van der Waals surface area contributed by atoms with E-state index in [2.05, 4.69) is 45.1 Å². The first-order chi connectivity index (χ1) is 9.15. The third-order valence-corrected chi connectivity index (χ3v) is 4.34. The summed E-state index contributed by atoms with van der Waals surface area (Å²) in [7, 11) is 0. The first-order valence-corrected chi connectivity index (χ1v) is 7.26. The van der Waals surface area contributed by atoms with Crippen molar-refractivity contribution in [2.24, 2.45) is 0 Å². The zero-order valence-electron chi connectivity index (χ0n) is 10.1. The van der Waals surface area contributed by atoms with Gasteiger partial charge in [-0.3, -0.25) is 0 Å². The molecule has 0 amide bonds. The van der Waals surface area contributed by atoms with Crippen molar-refractivity contribution in [3.8, 4) is 0 Å². The van der Waals surface area contributed by atoms with Crippen molar-refractivity contribution in [3.63, 3.8) is 0 Å². The lowest BCUT2D eigenvalue weighted by molar-refractivity contribution is 0.524. The molecule has 98 valence electrons. The smallest absolute Gasteiger partial charge is 0.125 e. The minimum atomic E-state index is -0.319. The molecule has 0 aromatic heterocycles. The maximum absolute atomic E-state index is 13.2. The van der Waals surface area contributed by atoms with E-state index in [0.29, 0.717) is 15.4 Å². The second kappa shape index (κ2) is 5.14. The van der Waals surface area contributed by atoms with E-state index in [1.54, 1.807) is 0 Å². The standard InChI is InChI=1S/C15H12BrClFN/c16-13-6-12(18)7-14(17)15(13)19-8-11(9-19)10-4-2-1-3-5-10/h1-7,11H,8-9H2. The summed E-state index contributed by atoms with van der Waals surface area (Å²) < 4.78 is 13.9. The molecule has 0 radical (unpaired) electrons. The number of benzene rings is 2. The Morgan fingerprint density at radius 3 is 2.47 bits per heavy atom. The molecule has 0 aliphatic carbocycles. The molecular weight excluding hydrogens is 329 g/mol. The molecule has 1 aliphatic rings. The Bertz CT molecular complexity index is 573. The molecule has 1 nitrogen and oxygen atoms in total. The predicted molar refractivity (Wildman–Crippen MR) is 80.5 cm³/mol. The van der Waals surface area contributed by atoms with Gasteiger partial charge in [0, 0.05) is 23.5 Å². The van der Waals surface area contributed by atoms with E-state index >= 15 is 0 Å². The van der Waals surface area contributed by atoms with Gasteiger partial charge in [0.25, 0.3) is 0 Å². The maximum Gasteiger partial charge on any atom is 0.125 e. The normalized spacial score (nSPS) is 15.4. The summed E-state index contributed by atoms with van der Waals surface area (Å²) in [6.45, 7) is 1.82. The van der Waals surface area contributed by atoms with E-state index in [9.17, 15) is 4.39 Å². The van der Waals surface area contributed by atoms with Gasteiger partial charge in [0.05, 0.1) is 10.7 Å². The Morgan fingerprint density at radius 1 is 1.16 bits per heavy atom. The van der Waals surface area contributed by atoms with Crippen molar-refractivity contribution in [2.75, 3.05) is 18.0 Å². The third kappa shape index (κ3) is 2.49. The first kappa shape index (κ1) is 12.9. The lowest BCUT2D eigenvalue weighted by Crippen LogP contribution is -2.45. The van der Waals surface area contributed by atoms with Gasteiger partial charge in [-0.15, -0.1) is 0 Å². The summed E-state index contributed by atoms with van der Waals surface area (Å²) in [5.41, 5.74) is 2.23. The van der Waals surface area contributed by atoms with E-state index in [4.69, 9.17) is 11.6 Å². The summed E-state index contributed by atoms with van der Waals surface area (Å²) >= 11 is 9.51. The highest BCUT2D eigenvalue weighted by Crippen LogP contribution is 2.40. The molecule has 0 saturated carbocycles. The lowest BCUT2D eigenvalue weighted by atomic mass is 9.91. The average Bonchev–Trinajstić information content (AvgIpc) is 2.32.